The van der Waals surface area contributed by atoms with E-state index in [0.29, 0.717) is 0 Å². The number of benzene rings is 1. The molecule has 1 aromatic heterocycles. The summed E-state index contributed by atoms with van der Waals surface area (Å²) in [5.41, 5.74) is 4.59. The fourth-order valence-electron chi connectivity index (χ4n) is 1.39. The van der Waals surface area contributed by atoms with Crippen LogP contribution in [0.4, 0.5) is 19.0 Å². The smallest absolute Gasteiger partial charge is 0.382 e. The van der Waals surface area contributed by atoms with Crippen molar-refractivity contribution in [3.63, 3.8) is 0 Å². The molecular weight excluding hydrogens is 255 g/mol. The Balaban J connectivity index is 0.00000144. The van der Waals surface area contributed by atoms with Gasteiger partial charge >= 0.3 is 6.18 Å². The fraction of sp³-hybridized carbons (Fsp3) is 0.100. The quantitative estimate of drug-likeness (QED) is 0.860. The summed E-state index contributed by atoms with van der Waals surface area (Å²) in [5, 5.41) is 3.75. The van der Waals surface area contributed by atoms with Crippen LogP contribution in [0.25, 0.3) is 5.69 Å². The van der Waals surface area contributed by atoms with Crippen molar-refractivity contribution < 1.29 is 13.2 Å². The molecule has 0 bridgehead atoms. The predicted octanol–water partition coefficient (Wildman–Crippen LogP) is 2.90. The van der Waals surface area contributed by atoms with Crippen molar-refractivity contribution in [1.29, 1.82) is 0 Å². The molecule has 0 radical (unpaired) electrons. The Morgan fingerprint density at radius 2 is 1.76 bits per heavy atom. The first-order chi connectivity index (χ1) is 7.48. The summed E-state index contributed by atoms with van der Waals surface area (Å²) in [7, 11) is 0. The number of alkyl halides is 3. The Morgan fingerprint density at radius 3 is 2.29 bits per heavy atom. The Labute approximate surface area is 101 Å². The van der Waals surface area contributed by atoms with E-state index < -0.39 is 11.7 Å². The molecule has 1 heterocycles. The number of nitrogens with zero attached hydrogens (tertiary/aromatic N) is 2. The Hall–Kier alpha value is -1.69. The third-order valence-electron chi connectivity index (χ3n) is 2.07. The zero-order chi connectivity index (χ0) is 11.8. The lowest BCUT2D eigenvalue weighted by molar-refractivity contribution is -0.137. The van der Waals surface area contributed by atoms with E-state index in [1.54, 1.807) is 0 Å². The van der Waals surface area contributed by atoms with E-state index >= 15 is 0 Å². The average molecular weight is 264 g/mol. The summed E-state index contributed by atoms with van der Waals surface area (Å²) < 4.78 is 39.1. The van der Waals surface area contributed by atoms with Gasteiger partial charge in [0.2, 0.25) is 0 Å². The maximum atomic E-state index is 12.7. The van der Waals surface area contributed by atoms with Gasteiger partial charge < -0.3 is 5.73 Å². The lowest BCUT2D eigenvalue weighted by atomic mass is 10.2. The number of hydrogen-bond donors (Lipinski definition) is 1. The molecule has 0 saturated carbocycles. The summed E-state index contributed by atoms with van der Waals surface area (Å²) in [6.45, 7) is 0. The molecule has 0 unspecified atom stereocenters. The molecule has 7 heteroatoms. The van der Waals surface area contributed by atoms with Gasteiger partial charge in [-0.3, -0.25) is 0 Å². The largest absolute Gasteiger partial charge is 0.418 e. The van der Waals surface area contributed by atoms with E-state index in [1.165, 1.54) is 30.5 Å². The molecule has 2 rings (SSSR count). The molecule has 0 fully saturated rings. The molecule has 92 valence electrons. The second-order valence-corrected chi connectivity index (χ2v) is 3.20. The van der Waals surface area contributed by atoms with E-state index in [0.717, 1.165) is 10.7 Å². The Kier molecular flexibility index (Phi) is 3.67. The van der Waals surface area contributed by atoms with Crippen molar-refractivity contribution in [2.45, 2.75) is 6.18 Å². The second-order valence-electron chi connectivity index (χ2n) is 3.20. The van der Waals surface area contributed by atoms with E-state index in [4.69, 9.17) is 5.73 Å². The normalized spacial score (nSPS) is 11.0. The number of rotatable bonds is 1. The van der Waals surface area contributed by atoms with Crippen molar-refractivity contribution in [1.82, 2.24) is 9.78 Å². The highest BCUT2D eigenvalue weighted by atomic mass is 35.5. The Morgan fingerprint density at radius 1 is 1.12 bits per heavy atom. The lowest BCUT2D eigenvalue weighted by Crippen LogP contribution is -2.11. The summed E-state index contributed by atoms with van der Waals surface area (Å²) in [5.74, 6) is 0.178. The summed E-state index contributed by atoms with van der Waals surface area (Å²) >= 11 is 0. The summed E-state index contributed by atoms with van der Waals surface area (Å²) in [6, 6.07) is 6.64. The van der Waals surface area contributed by atoms with Gasteiger partial charge in [0.1, 0.15) is 5.82 Å². The SMILES string of the molecule is Cl.Nc1ccn(-c2ccccc2C(F)(F)F)n1. The molecular formula is C10H9ClF3N3. The highest BCUT2D eigenvalue weighted by Crippen LogP contribution is 2.33. The molecule has 2 aromatic rings. The van der Waals surface area contributed by atoms with Crippen LogP contribution in [0.5, 0.6) is 0 Å². The number of hydrogen-bond acceptors (Lipinski definition) is 2. The molecule has 0 aliphatic heterocycles. The second kappa shape index (κ2) is 4.67. The van der Waals surface area contributed by atoms with E-state index in [9.17, 15) is 13.2 Å². The number of halogens is 4. The Bertz CT molecular complexity index is 507. The molecule has 17 heavy (non-hydrogen) atoms. The van der Waals surface area contributed by atoms with Gasteiger partial charge in [0.25, 0.3) is 0 Å². The van der Waals surface area contributed by atoms with Gasteiger partial charge in [-0.2, -0.15) is 18.3 Å². The van der Waals surface area contributed by atoms with Gasteiger partial charge in [-0.1, -0.05) is 12.1 Å². The van der Waals surface area contributed by atoms with Gasteiger partial charge in [-0.15, -0.1) is 12.4 Å². The monoisotopic (exact) mass is 263 g/mol. The average Bonchev–Trinajstić information content (AvgIpc) is 2.64. The highest BCUT2D eigenvalue weighted by molar-refractivity contribution is 5.85. The zero-order valence-electron chi connectivity index (χ0n) is 8.48. The minimum atomic E-state index is -4.41. The minimum Gasteiger partial charge on any atom is -0.382 e. The highest BCUT2D eigenvalue weighted by Gasteiger charge is 2.33. The van der Waals surface area contributed by atoms with Crippen LogP contribution in [0.15, 0.2) is 36.5 Å². The van der Waals surface area contributed by atoms with Crippen LogP contribution in [0.3, 0.4) is 0 Å². The number of para-hydroxylation sites is 1. The lowest BCUT2D eigenvalue weighted by Gasteiger charge is -2.11. The first-order valence-corrected chi connectivity index (χ1v) is 4.46. The maximum absolute atomic E-state index is 12.7. The van der Waals surface area contributed by atoms with Gasteiger partial charge in [0.15, 0.2) is 0 Å². The van der Waals surface area contributed by atoms with Crippen molar-refractivity contribution >= 4 is 18.2 Å². The van der Waals surface area contributed by atoms with Crippen LogP contribution in [0, 0.1) is 0 Å². The van der Waals surface area contributed by atoms with Crippen LogP contribution in [0.1, 0.15) is 5.56 Å². The van der Waals surface area contributed by atoms with E-state index in [-0.39, 0.29) is 23.9 Å². The van der Waals surface area contributed by atoms with Gasteiger partial charge in [-0.05, 0) is 12.1 Å². The van der Waals surface area contributed by atoms with Crippen molar-refractivity contribution in [3.05, 3.63) is 42.1 Å². The van der Waals surface area contributed by atoms with Gasteiger partial charge in [-0.25, -0.2) is 4.68 Å². The third-order valence-corrected chi connectivity index (χ3v) is 2.07. The summed E-state index contributed by atoms with van der Waals surface area (Å²) in [4.78, 5) is 0. The van der Waals surface area contributed by atoms with E-state index in [1.807, 2.05) is 0 Å². The van der Waals surface area contributed by atoms with Crippen LogP contribution >= 0.6 is 12.4 Å². The molecule has 2 N–H and O–H groups in total. The minimum absolute atomic E-state index is 0. The molecule has 0 atom stereocenters. The first-order valence-electron chi connectivity index (χ1n) is 4.46. The van der Waals surface area contributed by atoms with Crippen molar-refractivity contribution in [2.75, 3.05) is 5.73 Å². The molecule has 0 saturated heterocycles. The van der Waals surface area contributed by atoms with Gasteiger partial charge in [0.05, 0.1) is 11.3 Å². The molecule has 0 amide bonds. The number of anilines is 1. The first kappa shape index (κ1) is 13.4. The standard InChI is InChI=1S/C10H8F3N3.ClH/c11-10(12,13)7-3-1-2-4-8(7)16-6-5-9(14)15-16;/h1-6H,(H2,14,15);1H. The zero-order valence-corrected chi connectivity index (χ0v) is 9.29. The van der Waals surface area contributed by atoms with Crippen molar-refractivity contribution in [3.8, 4) is 5.69 Å². The topological polar surface area (TPSA) is 43.8 Å². The number of aromatic nitrogens is 2. The number of nitrogen functional groups attached to an aromatic ring is 1. The van der Waals surface area contributed by atoms with Crippen LogP contribution in [-0.4, -0.2) is 9.78 Å². The van der Waals surface area contributed by atoms with E-state index in [2.05, 4.69) is 5.10 Å². The molecule has 0 aliphatic carbocycles. The third kappa shape index (κ3) is 2.71. The molecule has 0 spiro atoms. The van der Waals surface area contributed by atoms with Crippen molar-refractivity contribution in [2.24, 2.45) is 0 Å². The van der Waals surface area contributed by atoms with Crippen LogP contribution < -0.4 is 5.73 Å². The maximum Gasteiger partial charge on any atom is 0.418 e. The van der Waals surface area contributed by atoms with Gasteiger partial charge in [0, 0.05) is 12.3 Å². The molecule has 0 aliphatic rings. The van der Waals surface area contributed by atoms with Crippen LogP contribution in [-0.2, 0) is 6.18 Å². The fourth-order valence-corrected chi connectivity index (χ4v) is 1.39. The molecule has 3 nitrogen and oxygen atoms in total. The number of nitrogens with two attached hydrogens (primary N) is 1. The van der Waals surface area contributed by atoms with Crippen LogP contribution in [0.2, 0.25) is 0 Å². The molecule has 1 aromatic carbocycles. The summed E-state index contributed by atoms with van der Waals surface area (Å²) in [6.07, 6.45) is -3.02. The predicted molar refractivity (Wildman–Crippen MR) is 60.2 cm³/mol.